The first-order valence-corrected chi connectivity index (χ1v) is 20.2. The Kier molecular flexibility index (Phi) is 11.0. The predicted octanol–water partition coefficient (Wildman–Crippen LogP) is 13.8. The highest BCUT2D eigenvalue weighted by Crippen LogP contribution is 2.36. The van der Waals surface area contributed by atoms with Crippen molar-refractivity contribution >= 4 is 45.9 Å². The van der Waals surface area contributed by atoms with E-state index < -0.39 is 0 Å². The van der Waals surface area contributed by atoms with Crippen LogP contribution in [-0.4, -0.2) is 0 Å². The molecule has 274 valence electrons. The summed E-state index contributed by atoms with van der Waals surface area (Å²) in [5.41, 5.74) is 14.8. The fourth-order valence-electron chi connectivity index (χ4n) is 8.14. The van der Waals surface area contributed by atoms with Crippen molar-refractivity contribution in [2.24, 2.45) is 0 Å². The van der Waals surface area contributed by atoms with Crippen LogP contribution in [-0.2, 0) is 0 Å². The van der Waals surface area contributed by atoms with Crippen molar-refractivity contribution in [3.63, 3.8) is 0 Å². The normalized spacial score (nSPS) is 13.4. The molecule has 0 unspecified atom stereocenters. The van der Waals surface area contributed by atoms with E-state index in [2.05, 4.69) is 206 Å². The average Bonchev–Trinajstić information content (AvgIpc) is 3.27. The third-order valence-corrected chi connectivity index (χ3v) is 10.8. The predicted molar refractivity (Wildman–Crippen MR) is 243 cm³/mol. The smallest absolute Gasteiger partial charge is 0.0461 e. The molecule has 9 rings (SSSR count). The van der Waals surface area contributed by atoms with Gasteiger partial charge in [0, 0.05) is 17.1 Å². The summed E-state index contributed by atoms with van der Waals surface area (Å²) in [5, 5.41) is 5.27. The van der Waals surface area contributed by atoms with Crippen molar-refractivity contribution in [2.75, 3.05) is 4.90 Å². The Labute approximate surface area is 332 Å². The first kappa shape index (κ1) is 36.5. The van der Waals surface area contributed by atoms with Crippen molar-refractivity contribution in [2.45, 2.75) is 46.5 Å². The van der Waals surface area contributed by atoms with Crippen molar-refractivity contribution in [3.05, 3.63) is 214 Å². The first-order valence-electron chi connectivity index (χ1n) is 20.2. The summed E-state index contributed by atoms with van der Waals surface area (Å²) in [4.78, 5) is 2.37. The van der Waals surface area contributed by atoms with Crippen LogP contribution in [0.1, 0.15) is 61.8 Å². The third kappa shape index (κ3) is 7.46. The highest BCUT2D eigenvalue weighted by molar-refractivity contribution is 6.06. The lowest BCUT2D eigenvalue weighted by atomic mass is 9.86. The molecular weight excluding hydrogens is 675 g/mol. The third-order valence-electron chi connectivity index (χ3n) is 10.8. The molecule has 0 saturated carbocycles. The standard InChI is InChI=1S/C53H43N.C2H6/c1-38-25-29-41(30-26-38)51(40-15-5-2-6-16-40)37-39-27-31-42(32-28-39)52-47-21-11-13-23-49(47)53(50-24-14-12-22-48(50)52)43-33-35-46(36-34-43)54(44-17-7-3-8-18-44)45-19-9-4-10-20-45;1-2/h2-3,5-9,11,13,15-37H,4,10,12,14H2,1H3;1-2H3/b51-37+;. The fourth-order valence-corrected chi connectivity index (χ4v) is 8.14. The lowest BCUT2D eigenvalue weighted by molar-refractivity contribution is 0.997. The Morgan fingerprint density at radius 1 is 0.482 bits per heavy atom. The van der Waals surface area contributed by atoms with Gasteiger partial charge in [-0.05, 0) is 135 Å². The average molecular weight is 724 g/mol. The SMILES string of the molecule is CC.Cc1ccc(/C(=C/c2ccc(-c3c4c(c(-c5ccc(N(C6=CCCC=C6)c6ccccc6)cc5)c5ccccc35)=CCCC=4)cc2)c2ccccc2)cc1. The molecule has 1 heteroatoms. The molecular formula is C55H49N. The molecule has 7 aromatic carbocycles. The van der Waals surface area contributed by atoms with Gasteiger partial charge in [0.15, 0.2) is 0 Å². The lowest BCUT2D eigenvalue weighted by Crippen LogP contribution is -2.31. The maximum absolute atomic E-state index is 2.47. The van der Waals surface area contributed by atoms with Gasteiger partial charge in [-0.2, -0.15) is 0 Å². The summed E-state index contributed by atoms with van der Waals surface area (Å²) in [6, 6.07) is 57.7. The van der Waals surface area contributed by atoms with Crippen molar-refractivity contribution in [3.8, 4) is 22.3 Å². The van der Waals surface area contributed by atoms with Gasteiger partial charge in [-0.15, -0.1) is 0 Å². The summed E-state index contributed by atoms with van der Waals surface area (Å²) in [6.45, 7) is 6.14. The number of hydrogen-bond acceptors (Lipinski definition) is 1. The number of fused-ring (bicyclic) bond motifs is 2. The van der Waals surface area contributed by atoms with Gasteiger partial charge in [-0.1, -0.05) is 177 Å². The Bertz CT molecular complexity index is 2660. The largest absolute Gasteiger partial charge is 0.311 e. The highest BCUT2D eigenvalue weighted by atomic mass is 15.1. The van der Waals surface area contributed by atoms with Gasteiger partial charge >= 0.3 is 0 Å². The Morgan fingerprint density at radius 3 is 1.55 bits per heavy atom. The Morgan fingerprint density at radius 2 is 0.982 bits per heavy atom. The molecule has 0 heterocycles. The van der Waals surface area contributed by atoms with E-state index in [4.69, 9.17) is 0 Å². The zero-order valence-corrected chi connectivity index (χ0v) is 32.8. The van der Waals surface area contributed by atoms with Gasteiger partial charge in [-0.3, -0.25) is 0 Å². The number of benzene rings is 7. The molecule has 0 N–H and O–H groups in total. The van der Waals surface area contributed by atoms with Gasteiger partial charge in [0.2, 0.25) is 0 Å². The minimum Gasteiger partial charge on any atom is -0.311 e. The number of aryl methyl sites for hydroxylation is 1. The van der Waals surface area contributed by atoms with E-state index in [1.54, 1.807) is 0 Å². The minimum atomic E-state index is 1.04. The van der Waals surface area contributed by atoms with Crippen molar-refractivity contribution in [1.82, 2.24) is 0 Å². The first-order chi connectivity index (χ1) is 27.7. The van der Waals surface area contributed by atoms with Gasteiger partial charge in [-0.25, -0.2) is 0 Å². The molecule has 2 aliphatic carbocycles. The molecule has 0 atom stereocenters. The van der Waals surface area contributed by atoms with Crippen LogP contribution in [0.5, 0.6) is 0 Å². The topological polar surface area (TPSA) is 3.24 Å². The zero-order valence-electron chi connectivity index (χ0n) is 32.8. The second kappa shape index (κ2) is 16.9. The number of rotatable bonds is 8. The number of allylic oxidation sites excluding steroid dienone is 3. The van der Waals surface area contributed by atoms with Gasteiger partial charge in [0.25, 0.3) is 0 Å². The van der Waals surface area contributed by atoms with Crippen LogP contribution in [0.2, 0.25) is 0 Å². The second-order valence-electron chi connectivity index (χ2n) is 14.3. The van der Waals surface area contributed by atoms with Crippen molar-refractivity contribution in [1.29, 1.82) is 0 Å². The monoisotopic (exact) mass is 723 g/mol. The van der Waals surface area contributed by atoms with E-state index in [9.17, 15) is 0 Å². The molecule has 0 saturated heterocycles. The molecule has 56 heavy (non-hydrogen) atoms. The Hall–Kier alpha value is -6.44. The van der Waals surface area contributed by atoms with Crippen LogP contribution in [0.25, 0.3) is 56.8 Å². The van der Waals surface area contributed by atoms with Crippen LogP contribution in [0.3, 0.4) is 0 Å². The number of para-hydroxylation sites is 1. The van der Waals surface area contributed by atoms with E-state index in [1.807, 2.05) is 13.8 Å². The zero-order chi connectivity index (χ0) is 38.3. The minimum absolute atomic E-state index is 1.04. The molecule has 0 aromatic heterocycles. The van der Waals surface area contributed by atoms with Gasteiger partial charge in [0.1, 0.15) is 0 Å². The van der Waals surface area contributed by atoms with Crippen LogP contribution in [0.4, 0.5) is 11.4 Å². The number of nitrogens with zero attached hydrogens (tertiary/aromatic N) is 1. The fraction of sp³-hybridized carbons (Fsp3) is 0.127. The van der Waals surface area contributed by atoms with Crippen molar-refractivity contribution < 1.29 is 0 Å². The van der Waals surface area contributed by atoms with Crippen LogP contribution in [0, 0.1) is 6.92 Å². The molecule has 0 radical (unpaired) electrons. The molecule has 0 amide bonds. The molecule has 0 aliphatic heterocycles. The molecule has 0 bridgehead atoms. The second-order valence-corrected chi connectivity index (χ2v) is 14.3. The summed E-state index contributed by atoms with van der Waals surface area (Å²) >= 11 is 0. The van der Waals surface area contributed by atoms with Crippen LogP contribution >= 0.6 is 0 Å². The molecule has 1 nitrogen and oxygen atoms in total. The molecule has 0 spiro atoms. The molecule has 2 aliphatic rings. The van der Waals surface area contributed by atoms with Crippen LogP contribution in [0.15, 0.2) is 182 Å². The highest BCUT2D eigenvalue weighted by Gasteiger charge is 2.18. The molecule has 0 fully saturated rings. The van der Waals surface area contributed by atoms with E-state index >= 15 is 0 Å². The van der Waals surface area contributed by atoms with Crippen LogP contribution < -0.4 is 15.3 Å². The van der Waals surface area contributed by atoms with Gasteiger partial charge < -0.3 is 4.90 Å². The van der Waals surface area contributed by atoms with E-state index in [0.717, 1.165) is 25.7 Å². The van der Waals surface area contributed by atoms with E-state index in [0.29, 0.717) is 0 Å². The summed E-state index contributed by atoms with van der Waals surface area (Å²) < 4.78 is 0. The van der Waals surface area contributed by atoms with E-state index in [1.165, 1.54) is 88.4 Å². The van der Waals surface area contributed by atoms with Gasteiger partial charge in [0.05, 0.1) is 0 Å². The number of anilines is 2. The Balaban J connectivity index is 0.00000217. The maximum atomic E-state index is 2.47. The molecule has 7 aromatic rings. The number of hydrogen-bond donors (Lipinski definition) is 0. The lowest BCUT2D eigenvalue weighted by Gasteiger charge is -2.28. The van der Waals surface area contributed by atoms with E-state index in [-0.39, 0.29) is 0 Å². The summed E-state index contributed by atoms with van der Waals surface area (Å²) in [6.07, 6.45) is 18.4. The quantitative estimate of drug-likeness (QED) is 0.141. The summed E-state index contributed by atoms with van der Waals surface area (Å²) in [7, 11) is 0. The maximum Gasteiger partial charge on any atom is 0.0461 e. The summed E-state index contributed by atoms with van der Waals surface area (Å²) in [5.74, 6) is 0.